The molecule has 2 aliphatic heterocycles. The van der Waals surface area contributed by atoms with Crippen LogP contribution in [0, 0.1) is 0 Å². The number of fused-ring (bicyclic) bond motifs is 13. The number of rotatable bonds is 4. The van der Waals surface area contributed by atoms with Gasteiger partial charge >= 0.3 is 16.5 Å². The minimum absolute atomic E-state index is 0. The van der Waals surface area contributed by atoms with Gasteiger partial charge in [0.25, 0.3) is 0 Å². The van der Waals surface area contributed by atoms with E-state index in [4.69, 9.17) is 19.9 Å². The summed E-state index contributed by atoms with van der Waals surface area (Å²) in [4.78, 5) is 25.3. The van der Waals surface area contributed by atoms with Gasteiger partial charge < -0.3 is 9.97 Å². The molecule has 8 bridgehead atoms. The van der Waals surface area contributed by atoms with Gasteiger partial charge in [0.15, 0.2) is 0 Å². The Labute approximate surface area is 262 Å². The maximum atomic E-state index is 5.27. The first kappa shape index (κ1) is 29.1. The third-order valence-electron chi connectivity index (χ3n) is 9.10. The van der Waals surface area contributed by atoms with Crippen molar-refractivity contribution in [3.05, 3.63) is 88.8 Å². The Morgan fingerprint density at radius 3 is 1.67 bits per heavy atom. The fourth-order valence-electron chi connectivity index (χ4n) is 6.91. The zero-order chi connectivity index (χ0) is 29.1. The molecule has 0 radical (unpaired) electrons. The van der Waals surface area contributed by atoms with Crippen LogP contribution in [0.1, 0.15) is 88.3 Å². The summed E-state index contributed by atoms with van der Waals surface area (Å²) in [5.74, 6) is 0. The number of benzene rings is 1. The smallest absolute Gasteiger partial charge is 0.657 e. The van der Waals surface area contributed by atoms with Crippen LogP contribution < -0.4 is 9.97 Å². The van der Waals surface area contributed by atoms with E-state index in [1.807, 2.05) is 12.4 Å². The molecule has 7 rings (SSSR count). The van der Waals surface area contributed by atoms with Crippen molar-refractivity contribution >= 4 is 65.9 Å². The molecule has 6 heteroatoms. The molecule has 4 aromatic heterocycles. The van der Waals surface area contributed by atoms with E-state index in [1.165, 1.54) is 33.4 Å². The molecule has 0 unspecified atom stereocenters. The average Bonchev–Trinajstić information content (AvgIpc) is 3.70. The number of nitrogens with zero attached hydrogens (tertiary/aromatic N) is 5. The van der Waals surface area contributed by atoms with Crippen LogP contribution in [-0.4, -0.2) is 15.0 Å². The van der Waals surface area contributed by atoms with Crippen LogP contribution in [0.2, 0.25) is 0 Å². The van der Waals surface area contributed by atoms with E-state index in [0.717, 1.165) is 92.1 Å². The van der Waals surface area contributed by atoms with Crippen molar-refractivity contribution in [2.75, 3.05) is 0 Å². The summed E-state index contributed by atoms with van der Waals surface area (Å²) in [5.41, 5.74) is 15.4. The predicted molar refractivity (Wildman–Crippen MR) is 176 cm³/mol. The van der Waals surface area contributed by atoms with E-state index in [0.29, 0.717) is 0 Å². The van der Waals surface area contributed by atoms with E-state index in [2.05, 4.69) is 89.0 Å². The van der Waals surface area contributed by atoms with Crippen molar-refractivity contribution in [2.45, 2.75) is 67.2 Å². The third-order valence-corrected chi connectivity index (χ3v) is 9.10. The molecular weight excluding hydrogens is 573 g/mol. The van der Waals surface area contributed by atoms with Gasteiger partial charge in [0.1, 0.15) is 0 Å². The Hall–Kier alpha value is -4.02. The molecule has 0 saturated heterocycles. The zero-order valence-corrected chi connectivity index (χ0v) is 26.6. The van der Waals surface area contributed by atoms with E-state index in [-0.39, 0.29) is 16.5 Å². The summed E-state index contributed by atoms with van der Waals surface area (Å²) in [6.07, 6.45) is 7.44. The summed E-state index contributed by atoms with van der Waals surface area (Å²) >= 11 is 0. The molecule has 0 saturated carbocycles. The molecule has 218 valence electrons. The molecule has 0 N–H and O–H groups in total. The van der Waals surface area contributed by atoms with Gasteiger partial charge in [-0.25, -0.2) is 9.97 Å². The summed E-state index contributed by atoms with van der Waals surface area (Å²) < 4.78 is 0. The molecule has 0 spiro atoms. The van der Waals surface area contributed by atoms with Gasteiger partial charge in [-0.2, -0.15) is 0 Å². The standard InChI is InChI=1S/C37H35N5.Ni/c1-7-23-20(5)29-15-33-25(9-3)26(10-4)34(41-33)16-30-21(6)24(8-2)32(40-30)18-36-37-27-13-14-38-19-22(27)11-12-28(37)35(42-36)17-31(23)39-29;/h11-19H,7-10H2,1-6H3;/q-2;+2. The number of hydrogen-bond donors (Lipinski definition) is 0. The van der Waals surface area contributed by atoms with E-state index < -0.39 is 0 Å². The van der Waals surface area contributed by atoms with Gasteiger partial charge in [0, 0.05) is 17.8 Å². The Bertz CT molecular complexity index is 2160. The van der Waals surface area contributed by atoms with Gasteiger partial charge in [0.05, 0.1) is 22.8 Å². The van der Waals surface area contributed by atoms with Crippen molar-refractivity contribution in [3.63, 3.8) is 0 Å². The maximum absolute atomic E-state index is 5.27. The van der Waals surface area contributed by atoms with Crippen LogP contribution in [0.15, 0.2) is 54.9 Å². The fraction of sp³-hybridized carbons (Fsp3) is 0.270. The van der Waals surface area contributed by atoms with Crippen molar-refractivity contribution in [1.82, 2.24) is 24.9 Å². The Morgan fingerprint density at radius 2 is 1.12 bits per heavy atom. The number of aryl methyl sites for hydroxylation is 2. The SMILES string of the molecule is CCC1=C(C)c2cc3[n-]c(cc4nc(cc5[n-]c(cc1n2)c1ccc2cnccc2c51)C(CC)=C4C)c(CC)c3CC.[Ni+2]. The van der Waals surface area contributed by atoms with Gasteiger partial charge in [-0.3, -0.25) is 4.98 Å². The molecule has 0 amide bonds. The molecule has 0 atom stereocenters. The van der Waals surface area contributed by atoms with Crippen LogP contribution in [0.4, 0.5) is 0 Å². The Balaban J connectivity index is 0.00000329. The quantitative estimate of drug-likeness (QED) is 0.191. The van der Waals surface area contributed by atoms with Crippen LogP contribution >= 0.6 is 0 Å². The third kappa shape index (κ3) is 4.55. The van der Waals surface area contributed by atoms with Crippen molar-refractivity contribution in [3.8, 4) is 0 Å². The van der Waals surface area contributed by atoms with Crippen molar-refractivity contribution in [1.29, 1.82) is 0 Å². The fourth-order valence-corrected chi connectivity index (χ4v) is 6.91. The molecule has 0 aliphatic carbocycles. The maximum Gasteiger partial charge on any atom is 2.00 e. The summed E-state index contributed by atoms with van der Waals surface area (Å²) in [5, 5.41) is 4.50. The second-order valence-electron chi connectivity index (χ2n) is 11.3. The van der Waals surface area contributed by atoms with Crippen LogP contribution in [0.25, 0.3) is 65.9 Å². The average molecular weight is 608 g/mol. The van der Waals surface area contributed by atoms with Crippen LogP contribution in [0.5, 0.6) is 0 Å². The Kier molecular flexibility index (Phi) is 7.60. The molecule has 1 aromatic carbocycles. The number of pyridine rings is 1. The molecule has 5 aromatic rings. The van der Waals surface area contributed by atoms with Gasteiger partial charge in [-0.1, -0.05) is 75.2 Å². The first-order chi connectivity index (χ1) is 20.4. The molecule has 0 fully saturated rings. The van der Waals surface area contributed by atoms with E-state index in [1.54, 1.807) is 0 Å². The van der Waals surface area contributed by atoms with Crippen molar-refractivity contribution in [2.24, 2.45) is 0 Å². The summed E-state index contributed by atoms with van der Waals surface area (Å²) in [7, 11) is 0. The number of aromatic nitrogens is 5. The second-order valence-corrected chi connectivity index (χ2v) is 11.3. The first-order valence-corrected chi connectivity index (χ1v) is 15.2. The molecule has 5 nitrogen and oxygen atoms in total. The molecule has 6 heterocycles. The molecule has 43 heavy (non-hydrogen) atoms. The summed E-state index contributed by atoms with van der Waals surface area (Å²) in [6.45, 7) is 13.2. The zero-order valence-electron chi connectivity index (χ0n) is 25.6. The monoisotopic (exact) mass is 607 g/mol. The molecule has 2 aliphatic rings. The van der Waals surface area contributed by atoms with Crippen LogP contribution in [0.3, 0.4) is 0 Å². The Morgan fingerprint density at radius 1 is 0.581 bits per heavy atom. The van der Waals surface area contributed by atoms with E-state index in [9.17, 15) is 0 Å². The molecular formula is C37H35N5Ni. The predicted octanol–water partition coefficient (Wildman–Crippen LogP) is 9.08. The van der Waals surface area contributed by atoms with Gasteiger partial charge in [0.2, 0.25) is 0 Å². The number of hydrogen-bond acceptors (Lipinski definition) is 3. The van der Waals surface area contributed by atoms with E-state index >= 15 is 0 Å². The normalized spacial score (nSPS) is 13.3. The first-order valence-electron chi connectivity index (χ1n) is 15.2. The minimum atomic E-state index is 0. The topological polar surface area (TPSA) is 66.9 Å². The largest absolute Gasteiger partial charge is 2.00 e. The summed E-state index contributed by atoms with van der Waals surface area (Å²) in [6, 6.07) is 15.2. The van der Waals surface area contributed by atoms with Crippen molar-refractivity contribution < 1.29 is 16.5 Å². The van der Waals surface area contributed by atoms with Gasteiger partial charge in [-0.05, 0) is 84.0 Å². The number of allylic oxidation sites excluding steroid dienone is 4. The minimum Gasteiger partial charge on any atom is -0.657 e. The second kappa shape index (κ2) is 11.2. The van der Waals surface area contributed by atoms with Gasteiger partial charge in [-0.15, -0.1) is 22.1 Å². The van der Waals surface area contributed by atoms with Crippen LogP contribution in [-0.2, 0) is 29.3 Å².